The molecule has 0 bridgehead atoms. The number of benzene rings is 5. The number of hydrogen-bond acceptors (Lipinski definition) is 1. The number of nitrogens with zero attached hydrogens (tertiary/aromatic N) is 2. The van der Waals surface area contributed by atoms with Gasteiger partial charge in [-0.1, -0.05) is 78.9 Å². The van der Waals surface area contributed by atoms with E-state index in [2.05, 4.69) is 119 Å². The van der Waals surface area contributed by atoms with Crippen LogP contribution in [0.3, 0.4) is 0 Å². The molecule has 0 fully saturated rings. The van der Waals surface area contributed by atoms with Crippen molar-refractivity contribution >= 4 is 75.1 Å². The molecule has 160 valence electrons. The van der Waals surface area contributed by atoms with Crippen molar-refractivity contribution in [1.29, 1.82) is 0 Å². The van der Waals surface area contributed by atoms with Gasteiger partial charge in [-0.2, -0.15) is 0 Å². The summed E-state index contributed by atoms with van der Waals surface area (Å²) in [6, 6.07) is 37.7. The third-order valence-corrected chi connectivity index (χ3v) is 8.53. The zero-order valence-corrected chi connectivity index (χ0v) is 19.4. The van der Waals surface area contributed by atoms with Crippen molar-refractivity contribution in [2.24, 2.45) is 7.05 Å². The molecule has 0 saturated carbocycles. The minimum atomic E-state index is 1.25. The first-order valence-corrected chi connectivity index (χ1v) is 12.4. The fourth-order valence-corrected chi connectivity index (χ4v) is 7.08. The van der Waals surface area contributed by atoms with Crippen molar-refractivity contribution in [1.82, 2.24) is 9.13 Å². The van der Waals surface area contributed by atoms with Crippen molar-refractivity contribution in [3.05, 3.63) is 103 Å². The first kappa shape index (κ1) is 18.4. The number of aryl methyl sites for hydroxylation is 1. The minimum Gasteiger partial charge on any atom is -0.342 e. The fraction of sp³-hybridized carbons (Fsp3) is 0.0323. The van der Waals surface area contributed by atoms with Crippen LogP contribution in [0.25, 0.3) is 69.5 Å². The summed E-state index contributed by atoms with van der Waals surface area (Å²) in [5.74, 6) is 0. The molecule has 0 radical (unpaired) electrons. The van der Waals surface area contributed by atoms with E-state index in [-0.39, 0.29) is 0 Å². The molecule has 0 aliphatic rings. The summed E-state index contributed by atoms with van der Waals surface area (Å²) >= 11 is 1.89. The largest absolute Gasteiger partial charge is 0.342 e. The third-order valence-electron chi connectivity index (χ3n) is 7.33. The summed E-state index contributed by atoms with van der Waals surface area (Å²) in [4.78, 5) is 0. The minimum absolute atomic E-state index is 1.25. The van der Waals surface area contributed by atoms with E-state index in [1.165, 1.54) is 69.5 Å². The van der Waals surface area contributed by atoms with E-state index in [9.17, 15) is 0 Å². The maximum atomic E-state index is 2.50. The Labute approximate surface area is 199 Å². The number of aromatic nitrogens is 2. The lowest BCUT2D eigenvalue weighted by molar-refractivity contribution is 1.01. The molecule has 0 amide bonds. The van der Waals surface area contributed by atoms with Gasteiger partial charge in [0.15, 0.2) is 0 Å². The quantitative estimate of drug-likeness (QED) is 0.235. The van der Waals surface area contributed by atoms with Crippen LogP contribution in [0.4, 0.5) is 0 Å². The molecule has 0 N–H and O–H groups in total. The Hall–Kier alpha value is -4.08. The Balaban J connectivity index is 1.65. The molecular weight excluding hydrogens is 432 g/mol. The van der Waals surface area contributed by atoms with Crippen LogP contribution in [0.1, 0.15) is 0 Å². The average molecular weight is 453 g/mol. The van der Waals surface area contributed by atoms with E-state index in [1.807, 2.05) is 11.3 Å². The average Bonchev–Trinajstić information content (AvgIpc) is 3.52. The summed E-state index contributed by atoms with van der Waals surface area (Å²) in [5, 5.41) is 7.86. The highest BCUT2D eigenvalue weighted by Gasteiger charge is 2.20. The van der Waals surface area contributed by atoms with Crippen LogP contribution in [0.2, 0.25) is 0 Å². The molecular formula is C31H20N2S. The monoisotopic (exact) mass is 452 g/mol. The number of rotatable bonds is 1. The van der Waals surface area contributed by atoms with Crippen LogP contribution in [0, 0.1) is 0 Å². The third kappa shape index (κ3) is 2.20. The molecule has 3 heterocycles. The molecule has 0 atom stereocenters. The molecule has 5 aromatic carbocycles. The Morgan fingerprint density at radius 1 is 0.500 bits per heavy atom. The van der Waals surface area contributed by atoms with Crippen LogP contribution in [-0.4, -0.2) is 9.13 Å². The number of thiophene rings is 1. The maximum absolute atomic E-state index is 2.50. The second kappa shape index (κ2) is 6.49. The van der Waals surface area contributed by atoms with Gasteiger partial charge in [-0.25, -0.2) is 0 Å². The first-order chi connectivity index (χ1) is 16.8. The first-order valence-electron chi connectivity index (χ1n) is 11.6. The second-order valence-corrected chi connectivity index (χ2v) is 10.1. The molecule has 8 aromatic rings. The van der Waals surface area contributed by atoms with Crippen LogP contribution in [0.5, 0.6) is 0 Å². The molecule has 8 rings (SSSR count). The summed E-state index contributed by atoms with van der Waals surface area (Å²) in [5.41, 5.74) is 6.33. The SMILES string of the molecule is Cn1c2ccccc2c2ccc3c4ccccc4n(-c4cccc5c4sc4ccccc45)c3c21. The van der Waals surface area contributed by atoms with Crippen LogP contribution in [0.15, 0.2) is 103 Å². The molecule has 0 spiro atoms. The Morgan fingerprint density at radius 2 is 1.12 bits per heavy atom. The van der Waals surface area contributed by atoms with Gasteiger partial charge < -0.3 is 9.13 Å². The van der Waals surface area contributed by atoms with E-state index in [1.54, 1.807) is 0 Å². The number of para-hydroxylation sites is 2. The van der Waals surface area contributed by atoms with Gasteiger partial charge in [0.2, 0.25) is 0 Å². The molecule has 34 heavy (non-hydrogen) atoms. The van der Waals surface area contributed by atoms with Crippen molar-refractivity contribution < 1.29 is 0 Å². The molecule has 0 aliphatic carbocycles. The van der Waals surface area contributed by atoms with Crippen LogP contribution < -0.4 is 0 Å². The molecule has 0 saturated heterocycles. The standard InChI is InChI=1S/C31H20N2S/c1-32-25-13-5-2-9-19(25)22-17-18-23-20-10-3-6-14-26(20)33(30(23)29(22)32)27-15-8-12-24-21-11-4-7-16-28(21)34-31(24)27/h2-18H,1H3. The van der Waals surface area contributed by atoms with E-state index < -0.39 is 0 Å². The van der Waals surface area contributed by atoms with Crippen molar-refractivity contribution in [3.8, 4) is 5.69 Å². The highest BCUT2D eigenvalue weighted by atomic mass is 32.1. The zero-order valence-electron chi connectivity index (χ0n) is 18.6. The summed E-state index contributed by atoms with van der Waals surface area (Å²) < 4.78 is 7.54. The normalized spacial score (nSPS) is 12.3. The fourth-order valence-electron chi connectivity index (χ4n) is 5.87. The second-order valence-electron chi connectivity index (χ2n) is 9.04. The Bertz CT molecular complexity index is 2080. The lowest BCUT2D eigenvalue weighted by Gasteiger charge is -2.11. The van der Waals surface area contributed by atoms with Gasteiger partial charge in [-0.3, -0.25) is 0 Å². The van der Waals surface area contributed by atoms with Gasteiger partial charge in [-0.15, -0.1) is 11.3 Å². The lowest BCUT2D eigenvalue weighted by atomic mass is 10.1. The highest BCUT2D eigenvalue weighted by Crippen LogP contribution is 2.43. The van der Waals surface area contributed by atoms with E-state index in [4.69, 9.17) is 0 Å². The van der Waals surface area contributed by atoms with Gasteiger partial charge in [-0.05, 0) is 24.3 Å². The maximum Gasteiger partial charge on any atom is 0.0785 e. The molecule has 3 heteroatoms. The molecule has 0 aliphatic heterocycles. The van der Waals surface area contributed by atoms with Crippen molar-refractivity contribution in [3.63, 3.8) is 0 Å². The summed E-state index contributed by atoms with van der Waals surface area (Å²) in [7, 11) is 2.20. The van der Waals surface area contributed by atoms with E-state index >= 15 is 0 Å². The number of hydrogen-bond donors (Lipinski definition) is 0. The van der Waals surface area contributed by atoms with Crippen molar-refractivity contribution in [2.45, 2.75) is 0 Å². The summed E-state index contributed by atoms with van der Waals surface area (Å²) in [6.45, 7) is 0. The molecule has 2 nitrogen and oxygen atoms in total. The van der Waals surface area contributed by atoms with Crippen molar-refractivity contribution in [2.75, 3.05) is 0 Å². The van der Waals surface area contributed by atoms with Gasteiger partial charge in [0, 0.05) is 49.6 Å². The van der Waals surface area contributed by atoms with Crippen LogP contribution >= 0.6 is 11.3 Å². The van der Waals surface area contributed by atoms with Gasteiger partial charge in [0.05, 0.1) is 26.9 Å². The number of fused-ring (bicyclic) bond motifs is 10. The van der Waals surface area contributed by atoms with Gasteiger partial charge in [0.1, 0.15) is 0 Å². The zero-order chi connectivity index (χ0) is 22.4. The lowest BCUT2D eigenvalue weighted by Crippen LogP contribution is -1.96. The van der Waals surface area contributed by atoms with E-state index in [0.717, 1.165) is 0 Å². The Morgan fingerprint density at radius 3 is 1.94 bits per heavy atom. The van der Waals surface area contributed by atoms with Gasteiger partial charge >= 0.3 is 0 Å². The smallest absolute Gasteiger partial charge is 0.0785 e. The highest BCUT2D eigenvalue weighted by molar-refractivity contribution is 7.26. The predicted octanol–water partition coefficient (Wildman–Crippen LogP) is 8.80. The topological polar surface area (TPSA) is 9.86 Å². The molecule has 3 aromatic heterocycles. The predicted molar refractivity (Wildman–Crippen MR) is 148 cm³/mol. The molecule has 0 unspecified atom stereocenters. The van der Waals surface area contributed by atoms with Crippen LogP contribution in [-0.2, 0) is 7.05 Å². The Kier molecular flexibility index (Phi) is 3.51. The van der Waals surface area contributed by atoms with Gasteiger partial charge in [0.25, 0.3) is 0 Å². The van der Waals surface area contributed by atoms with E-state index in [0.29, 0.717) is 0 Å². The summed E-state index contributed by atoms with van der Waals surface area (Å²) in [6.07, 6.45) is 0.